The second-order valence-corrected chi connectivity index (χ2v) is 8.91. The van der Waals surface area contributed by atoms with Gasteiger partial charge in [-0.25, -0.2) is 0 Å². The highest BCUT2D eigenvalue weighted by Crippen LogP contribution is 2.43. The molecule has 0 aliphatic heterocycles. The Kier molecular flexibility index (Phi) is 3.19. The van der Waals surface area contributed by atoms with Crippen molar-refractivity contribution >= 4 is 65.0 Å². The number of fused-ring (bicyclic) bond motifs is 5. The van der Waals surface area contributed by atoms with E-state index in [4.69, 9.17) is 4.42 Å². The van der Waals surface area contributed by atoms with E-state index in [0.717, 1.165) is 16.7 Å². The number of benzene rings is 7. The topological polar surface area (TPSA) is 13.1 Å². The molecule has 0 aliphatic rings. The third kappa shape index (κ3) is 2.21. The van der Waals surface area contributed by atoms with Crippen LogP contribution in [0, 0.1) is 0 Å². The van der Waals surface area contributed by atoms with Gasteiger partial charge in [0.25, 0.3) is 0 Å². The lowest BCUT2D eigenvalue weighted by Crippen LogP contribution is -1.87. The summed E-state index contributed by atoms with van der Waals surface area (Å²) < 4.78 is 6.54. The van der Waals surface area contributed by atoms with E-state index in [0.29, 0.717) is 0 Å². The molecule has 7 aromatic carbocycles. The van der Waals surface area contributed by atoms with Crippen LogP contribution in [0.3, 0.4) is 0 Å². The van der Waals surface area contributed by atoms with Gasteiger partial charge in [-0.2, -0.15) is 0 Å². The van der Waals surface area contributed by atoms with Gasteiger partial charge in [-0.05, 0) is 54.7 Å². The highest BCUT2D eigenvalue weighted by Gasteiger charge is 2.17. The first-order valence-electron chi connectivity index (χ1n) is 11.4. The van der Waals surface area contributed by atoms with Gasteiger partial charge >= 0.3 is 0 Å². The normalized spacial score (nSPS) is 12.2. The Morgan fingerprint density at radius 2 is 1.03 bits per heavy atom. The maximum absolute atomic E-state index is 6.54. The first-order chi connectivity index (χ1) is 16.4. The van der Waals surface area contributed by atoms with Crippen molar-refractivity contribution < 1.29 is 4.42 Å². The Bertz CT molecular complexity index is 2010. The summed E-state index contributed by atoms with van der Waals surface area (Å²) in [6.45, 7) is 0. The molecule has 0 unspecified atom stereocenters. The molecule has 0 saturated carbocycles. The van der Waals surface area contributed by atoms with E-state index in [1.807, 2.05) is 0 Å². The summed E-state index contributed by atoms with van der Waals surface area (Å²) in [5, 5.41) is 12.6. The van der Waals surface area contributed by atoms with Gasteiger partial charge in [-0.15, -0.1) is 0 Å². The van der Waals surface area contributed by atoms with Gasteiger partial charge in [0.15, 0.2) is 0 Å². The summed E-state index contributed by atoms with van der Waals surface area (Å²) >= 11 is 0. The van der Waals surface area contributed by atoms with Crippen LogP contribution in [0.5, 0.6) is 0 Å². The summed E-state index contributed by atoms with van der Waals surface area (Å²) in [6.07, 6.45) is 0. The summed E-state index contributed by atoms with van der Waals surface area (Å²) in [7, 11) is 0. The van der Waals surface area contributed by atoms with E-state index < -0.39 is 0 Å². The zero-order chi connectivity index (χ0) is 21.5. The maximum atomic E-state index is 6.54. The van der Waals surface area contributed by atoms with Crippen LogP contribution in [0.4, 0.5) is 0 Å². The molecule has 33 heavy (non-hydrogen) atoms. The van der Waals surface area contributed by atoms with Crippen molar-refractivity contribution in [3.05, 3.63) is 109 Å². The average Bonchev–Trinajstić information content (AvgIpc) is 3.27. The summed E-state index contributed by atoms with van der Waals surface area (Å²) in [6, 6.07) is 39.4. The third-order valence-corrected chi connectivity index (χ3v) is 7.21. The Hall–Kier alpha value is -4.36. The molecule has 0 fully saturated rings. The molecular weight excluding hydrogens is 400 g/mol. The van der Waals surface area contributed by atoms with Gasteiger partial charge in [-0.1, -0.05) is 103 Å². The van der Waals surface area contributed by atoms with Crippen molar-refractivity contribution in [2.45, 2.75) is 0 Å². The Balaban J connectivity index is 1.53. The van der Waals surface area contributed by atoms with Crippen LogP contribution in [-0.4, -0.2) is 0 Å². The number of furan rings is 1. The number of para-hydroxylation sites is 1. The van der Waals surface area contributed by atoms with Crippen molar-refractivity contribution in [3.8, 4) is 11.1 Å². The molecule has 152 valence electrons. The van der Waals surface area contributed by atoms with E-state index >= 15 is 0 Å². The highest BCUT2D eigenvalue weighted by atomic mass is 16.3. The maximum Gasteiger partial charge on any atom is 0.143 e. The minimum absolute atomic E-state index is 0.939. The SMILES string of the molecule is c1ccc2c(c1)ccc1oc3c(-c4ccc5ccc6cccc7ccc4c5c67)cccc3c12. The van der Waals surface area contributed by atoms with Crippen LogP contribution < -0.4 is 0 Å². The first-order valence-corrected chi connectivity index (χ1v) is 11.4. The lowest BCUT2D eigenvalue weighted by atomic mass is 9.89. The van der Waals surface area contributed by atoms with Gasteiger partial charge in [0.05, 0.1) is 0 Å². The summed E-state index contributed by atoms with van der Waals surface area (Å²) in [5.74, 6) is 0. The molecule has 0 spiro atoms. The van der Waals surface area contributed by atoms with Gasteiger partial charge in [0, 0.05) is 16.3 Å². The summed E-state index contributed by atoms with van der Waals surface area (Å²) in [5.41, 5.74) is 4.26. The van der Waals surface area contributed by atoms with E-state index in [-0.39, 0.29) is 0 Å². The fourth-order valence-electron chi connectivity index (χ4n) is 5.75. The molecule has 0 aliphatic carbocycles. The lowest BCUT2D eigenvalue weighted by molar-refractivity contribution is 0.670. The Labute approximate surface area is 189 Å². The fourth-order valence-corrected chi connectivity index (χ4v) is 5.75. The number of hydrogen-bond donors (Lipinski definition) is 0. The average molecular weight is 418 g/mol. The van der Waals surface area contributed by atoms with Gasteiger partial charge in [0.1, 0.15) is 11.2 Å². The molecule has 0 radical (unpaired) electrons. The van der Waals surface area contributed by atoms with Crippen LogP contribution in [0.25, 0.3) is 76.2 Å². The quantitative estimate of drug-likeness (QED) is 0.242. The van der Waals surface area contributed by atoms with Crippen molar-refractivity contribution in [1.82, 2.24) is 0 Å². The molecule has 0 N–H and O–H groups in total. The minimum Gasteiger partial charge on any atom is -0.455 e. The molecule has 8 aromatic rings. The van der Waals surface area contributed by atoms with Crippen molar-refractivity contribution in [1.29, 1.82) is 0 Å². The van der Waals surface area contributed by atoms with Gasteiger partial charge in [0.2, 0.25) is 0 Å². The monoisotopic (exact) mass is 418 g/mol. The van der Waals surface area contributed by atoms with Crippen molar-refractivity contribution in [2.24, 2.45) is 0 Å². The molecule has 1 nitrogen and oxygen atoms in total. The van der Waals surface area contributed by atoms with Crippen molar-refractivity contribution in [3.63, 3.8) is 0 Å². The van der Waals surface area contributed by atoms with E-state index in [9.17, 15) is 0 Å². The predicted molar refractivity (Wildman–Crippen MR) is 140 cm³/mol. The predicted octanol–water partition coefficient (Wildman–Crippen LogP) is 9.30. The molecule has 8 rings (SSSR count). The third-order valence-electron chi connectivity index (χ3n) is 7.21. The number of hydrogen-bond acceptors (Lipinski definition) is 1. The Morgan fingerprint density at radius 1 is 0.364 bits per heavy atom. The Morgan fingerprint density at radius 3 is 1.94 bits per heavy atom. The molecule has 1 heteroatoms. The van der Waals surface area contributed by atoms with E-state index in [1.165, 1.54) is 59.4 Å². The molecule has 0 saturated heterocycles. The van der Waals surface area contributed by atoms with Crippen molar-refractivity contribution in [2.75, 3.05) is 0 Å². The molecule has 1 heterocycles. The van der Waals surface area contributed by atoms with Crippen LogP contribution in [-0.2, 0) is 0 Å². The zero-order valence-electron chi connectivity index (χ0n) is 17.8. The minimum atomic E-state index is 0.939. The molecule has 0 amide bonds. The largest absolute Gasteiger partial charge is 0.455 e. The van der Waals surface area contributed by atoms with E-state index in [2.05, 4.69) is 109 Å². The highest BCUT2D eigenvalue weighted by molar-refractivity contribution is 6.27. The smallest absolute Gasteiger partial charge is 0.143 e. The zero-order valence-corrected chi connectivity index (χ0v) is 17.8. The van der Waals surface area contributed by atoms with E-state index in [1.54, 1.807) is 0 Å². The fraction of sp³-hybridized carbons (Fsp3) is 0. The second-order valence-electron chi connectivity index (χ2n) is 8.91. The lowest BCUT2D eigenvalue weighted by Gasteiger charge is -2.14. The molecular formula is C32H18O. The second kappa shape index (κ2) is 6.11. The van der Waals surface area contributed by atoms with Crippen LogP contribution in [0.2, 0.25) is 0 Å². The standard InChI is InChI=1S/C32H18O/c1-2-8-23-19(5-1)15-18-28-31(23)27-10-4-9-26(32(27)33-28)24-16-13-22-12-11-20-6-3-7-21-14-17-25(24)30(22)29(20)21/h1-18H. The van der Waals surface area contributed by atoms with Crippen LogP contribution in [0.15, 0.2) is 114 Å². The van der Waals surface area contributed by atoms with Gasteiger partial charge < -0.3 is 4.42 Å². The molecule has 0 bridgehead atoms. The van der Waals surface area contributed by atoms with Crippen LogP contribution >= 0.6 is 0 Å². The van der Waals surface area contributed by atoms with Gasteiger partial charge in [-0.3, -0.25) is 0 Å². The summed E-state index contributed by atoms with van der Waals surface area (Å²) in [4.78, 5) is 0. The molecule has 1 aromatic heterocycles. The number of rotatable bonds is 1. The molecule has 0 atom stereocenters. The first kappa shape index (κ1) is 17.2. The van der Waals surface area contributed by atoms with Crippen LogP contribution in [0.1, 0.15) is 0 Å².